The summed E-state index contributed by atoms with van der Waals surface area (Å²) in [7, 11) is 0. The van der Waals surface area contributed by atoms with Crippen LogP contribution in [0.2, 0.25) is 0 Å². The Morgan fingerprint density at radius 2 is 2.00 bits per heavy atom. The van der Waals surface area contributed by atoms with Crippen LogP contribution < -0.4 is 0 Å². The Labute approximate surface area is 107 Å². The van der Waals surface area contributed by atoms with Crippen molar-refractivity contribution in [3.05, 3.63) is 60.6 Å². The molecule has 0 fully saturated rings. The van der Waals surface area contributed by atoms with Gasteiger partial charge in [-0.1, -0.05) is 0 Å². The molecule has 1 aromatic heterocycles. The van der Waals surface area contributed by atoms with Crippen molar-refractivity contribution in [2.75, 3.05) is 0 Å². The number of hydrogen-bond donors (Lipinski definition) is 0. The molecule has 0 aliphatic carbocycles. The second-order valence-electron chi connectivity index (χ2n) is 3.98. The molecule has 2 aromatic rings. The third-order valence-corrected chi connectivity index (χ3v) is 2.75. The lowest BCUT2D eigenvalue weighted by molar-refractivity contribution is -0.164. The fourth-order valence-corrected chi connectivity index (χ4v) is 1.92. The minimum atomic E-state index is -1.40. The number of nitrogens with zero attached hydrogens (tertiary/aromatic N) is 3. The molecule has 0 spiro atoms. The van der Waals surface area contributed by atoms with Crippen LogP contribution in [0.15, 0.2) is 43.4 Å². The molecule has 0 radical (unpaired) electrons. The number of benzene rings is 1. The van der Waals surface area contributed by atoms with Crippen LogP contribution in [0.3, 0.4) is 0 Å². The quantitative estimate of drug-likeness (QED) is 0.850. The maximum absolute atomic E-state index is 13.9. The van der Waals surface area contributed by atoms with Gasteiger partial charge in [-0.05, 0) is 12.1 Å². The van der Waals surface area contributed by atoms with Crippen molar-refractivity contribution in [1.29, 1.82) is 0 Å². The topological polar surface area (TPSA) is 49.2 Å². The van der Waals surface area contributed by atoms with E-state index in [1.54, 1.807) is 0 Å². The summed E-state index contributed by atoms with van der Waals surface area (Å²) < 4.78 is 39.0. The number of ether oxygens (including phenoxy) is 2. The first-order valence-electron chi connectivity index (χ1n) is 5.48. The van der Waals surface area contributed by atoms with Gasteiger partial charge in [0, 0.05) is 6.07 Å². The first-order valence-corrected chi connectivity index (χ1v) is 5.48. The molecule has 0 atom stereocenters. The van der Waals surface area contributed by atoms with Gasteiger partial charge in [-0.3, -0.25) is 0 Å². The van der Waals surface area contributed by atoms with Crippen molar-refractivity contribution in [2.45, 2.75) is 12.3 Å². The van der Waals surface area contributed by atoms with Crippen LogP contribution in [0.25, 0.3) is 0 Å². The lowest BCUT2D eigenvalue weighted by Gasteiger charge is -2.28. The molecule has 0 saturated carbocycles. The van der Waals surface area contributed by atoms with E-state index >= 15 is 0 Å². The van der Waals surface area contributed by atoms with Crippen molar-refractivity contribution in [1.82, 2.24) is 14.8 Å². The minimum absolute atomic E-state index is 0.0859. The van der Waals surface area contributed by atoms with E-state index in [1.165, 1.54) is 35.9 Å². The molecule has 1 aliphatic rings. The van der Waals surface area contributed by atoms with Crippen molar-refractivity contribution in [3.8, 4) is 0 Å². The molecule has 0 N–H and O–H groups in total. The Morgan fingerprint density at radius 3 is 2.63 bits per heavy atom. The van der Waals surface area contributed by atoms with Crippen LogP contribution in [0.5, 0.6) is 0 Å². The first-order chi connectivity index (χ1) is 9.20. The van der Waals surface area contributed by atoms with E-state index in [0.29, 0.717) is 0 Å². The molecule has 3 rings (SSSR count). The van der Waals surface area contributed by atoms with E-state index in [1.807, 2.05) is 0 Å². The summed E-state index contributed by atoms with van der Waals surface area (Å²) in [4.78, 5) is 3.79. The highest BCUT2D eigenvalue weighted by atomic mass is 19.1. The normalized spacial score (nSPS) is 16.1. The maximum atomic E-state index is 13.9. The van der Waals surface area contributed by atoms with E-state index in [4.69, 9.17) is 9.47 Å². The summed E-state index contributed by atoms with van der Waals surface area (Å²) in [5.74, 6) is -2.81. The minimum Gasteiger partial charge on any atom is -0.451 e. The highest BCUT2D eigenvalue weighted by Gasteiger charge is 2.41. The first kappa shape index (κ1) is 11.6. The van der Waals surface area contributed by atoms with Crippen LogP contribution in [-0.4, -0.2) is 14.8 Å². The molecule has 0 unspecified atom stereocenters. The molecule has 1 aromatic carbocycles. The van der Waals surface area contributed by atoms with Crippen molar-refractivity contribution in [2.24, 2.45) is 0 Å². The molecule has 5 nitrogen and oxygen atoms in total. The predicted molar refractivity (Wildman–Crippen MR) is 59.4 cm³/mol. The van der Waals surface area contributed by atoms with Gasteiger partial charge in [0.1, 0.15) is 43.4 Å². The standard InChI is InChI=1S/C12H9F2N3O2/c13-9-1-2-10(11(14)5-9)12(18-3-4-19-12)6-17-8-15-7-16-17/h1-5,7-8H,6H2. The van der Waals surface area contributed by atoms with Crippen molar-refractivity contribution in [3.63, 3.8) is 0 Å². The fourth-order valence-electron chi connectivity index (χ4n) is 1.92. The molecule has 0 bridgehead atoms. The Bertz CT molecular complexity index is 605. The van der Waals surface area contributed by atoms with Gasteiger partial charge in [-0.25, -0.2) is 18.4 Å². The van der Waals surface area contributed by atoms with E-state index in [9.17, 15) is 8.78 Å². The zero-order valence-electron chi connectivity index (χ0n) is 9.66. The molecule has 7 heteroatoms. The summed E-state index contributed by atoms with van der Waals surface area (Å²) in [6.07, 6.45) is 5.41. The Balaban J connectivity index is 2.00. The summed E-state index contributed by atoms with van der Waals surface area (Å²) in [5, 5.41) is 3.92. The molecule has 2 heterocycles. The third kappa shape index (κ3) is 2.03. The highest BCUT2D eigenvalue weighted by molar-refractivity contribution is 5.24. The van der Waals surface area contributed by atoms with Crippen LogP contribution in [0.4, 0.5) is 8.78 Å². The van der Waals surface area contributed by atoms with E-state index in [-0.39, 0.29) is 12.1 Å². The summed E-state index contributed by atoms with van der Waals surface area (Å²) in [6, 6.07) is 3.21. The van der Waals surface area contributed by atoms with Gasteiger partial charge in [0.15, 0.2) is 0 Å². The van der Waals surface area contributed by atoms with E-state index < -0.39 is 17.4 Å². The van der Waals surface area contributed by atoms with Gasteiger partial charge in [0.25, 0.3) is 5.79 Å². The summed E-state index contributed by atoms with van der Waals surface area (Å²) in [6.45, 7) is 0.0859. The molecule has 1 aliphatic heterocycles. The lowest BCUT2D eigenvalue weighted by atomic mass is 10.0. The molecular formula is C12H9F2N3O2. The predicted octanol–water partition coefficient (Wildman–Crippen LogP) is 1.93. The van der Waals surface area contributed by atoms with Crippen molar-refractivity contribution >= 4 is 0 Å². The van der Waals surface area contributed by atoms with Crippen LogP contribution >= 0.6 is 0 Å². The Hall–Kier alpha value is -2.44. The van der Waals surface area contributed by atoms with Crippen LogP contribution in [0.1, 0.15) is 5.56 Å². The largest absolute Gasteiger partial charge is 0.451 e. The highest BCUT2D eigenvalue weighted by Crippen LogP contribution is 2.35. The Kier molecular flexibility index (Phi) is 2.66. The maximum Gasteiger partial charge on any atom is 0.299 e. The van der Waals surface area contributed by atoms with Crippen molar-refractivity contribution < 1.29 is 18.3 Å². The lowest BCUT2D eigenvalue weighted by Crippen LogP contribution is -2.34. The fraction of sp³-hybridized carbons (Fsp3) is 0.167. The van der Waals surface area contributed by atoms with Gasteiger partial charge in [-0.2, -0.15) is 5.10 Å². The second-order valence-corrected chi connectivity index (χ2v) is 3.98. The third-order valence-electron chi connectivity index (χ3n) is 2.75. The summed E-state index contributed by atoms with van der Waals surface area (Å²) >= 11 is 0. The van der Waals surface area contributed by atoms with E-state index in [2.05, 4.69) is 10.1 Å². The smallest absolute Gasteiger partial charge is 0.299 e. The average Bonchev–Trinajstić information content (AvgIpc) is 3.02. The average molecular weight is 265 g/mol. The second kappa shape index (κ2) is 4.34. The Morgan fingerprint density at radius 1 is 1.21 bits per heavy atom. The van der Waals surface area contributed by atoms with E-state index in [0.717, 1.165) is 12.1 Å². The van der Waals surface area contributed by atoms with Gasteiger partial charge in [0.05, 0.1) is 5.56 Å². The number of hydrogen-bond acceptors (Lipinski definition) is 4. The molecule has 0 amide bonds. The molecule has 98 valence electrons. The van der Waals surface area contributed by atoms with Crippen LogP contribution in [-0.2, 0) is 21.8 Å². The summed E-state index contributed by atoms with van der Waals surface area (Å²) in [5.41, 5.74) is 0.0920. The molecule has 0 saturated heterocycles. The van der Waals surface area contributed by atoms with Gasteiger partial charge < -0.3 is 9.47 Å². The molecule has 19 heavy (non-hydrogen) atoms. The zero-order valence-corrected chi connectivity index (χ0v) is 9.66. The zero-order chi connectivity index (χ0) is 13.3. The number of rotatable bonds is 3. The van der Waals surface area contributed by atoms with Gasteiger partial charge in [0.2, 0.25) is 0 Å². The SMILES string of the molecule is Fc1ccc(C2(Cn3cncn3)OC=CO2)c(F)c1. The van der Waals surface area contributed by atoms with Crippen LogP contribution in [0, 0.1) is 11.6 Å². The number of aromatic nitrogens is 3. The van der Waals surface area contributed by atoms with Gasteiger partial charge >= 0.3 is 0 Å². The molecular weight excluding hydrogens is 256 g/mol. The van der Waals surface area contributed by atoms with Gasteiger partial charge in [-0.15, -0.1) is 0 Å². The monoisotopic (exact) mass is 265 g/mol. The number of halogens is 2.